The number of fused-ring (bicyclic) bond motifs is 1. The van der Waals surface area contributed by atoms with Crippen LogP contribution in [0.25, 0.3) is 0 Å². The number of hydrogen-bond acceptors (Lipinski definition) is 5. The standard InChI is InChI=1S/C25H24Cl2FN4O2PS/c1-31-23(16-9-11-17(28)12-10-16)29-24-20(15-21(36-24)25(33)34-2)35(31,32-13-4-3-5-14-32)30-22-18(26)7-6-8-19(22)27/h6-12,15H,3-5,13-14H2,1-2H3. The number of thiophene rings is 1. The highest BCUT2D eigenvalue weighted by Gasteiger charge is 2.44. The van der Waals surface area contributed by atoms with Gasteiger partial charge >= 0.3 is 5.97 Å². The molecule has 1 unspecified atom stereocenters. The summed E-state index contributed by atoms with van der Waals surface area (Å²) in [7, 11) is 0.534. The first-order valence-corrected chi connectivity index (χ1v) is 14.7. The number of amidine groups is 1. The average molecular weight is 565 g/mol. The van der Waals surface area contributed by atoms with Gasteiger partial charge in [0.2, 0.25) is 0 Å². The molecular formula is C25H24Cl2FN4O2PS. The predicted molar refractivity (Wildman–Crippen MR) is 147 cm³/mol. The van der Waals surface area contributed by atoms with Crippen LogP contribution in [0, 0.1) is 5.82 Å². The van der Waals surface area contributed by atoms with E-state index in [1.165, 1.54) is 30.6 Å². The van der Waals surface area contributed by atoms with Gasteiger partial charge in [0.05, 0.1) is 22.5 Å². The first kappa shape index (κ1) is 25.4. The van der Waals surface area contributed by atoms with Gasteiger partial charge in [-0.05, 0) is 55.3 Å². The minimum Gasteiger partial charge on any atom is -0.465 e. The van der Waals surface area contributed by atoms with E-state index < -0.39 is 13.3 Å². The van der Waals surface area contributed by atoms with Crippen molar-refractivity contribution in [2.24, 2.45) is 9.74 Å². The summed E-state index contributed by atoms with van der Waals surface area (Å²) in [6, 6.07) is 13.4. The first-order chi connectivity index (χ1) is 17.3. The molecule has 11 heteroatoms. The Kier molecular flexibility index (Phi) is 7.25. The minimum absolute atomic E-state index is 0.327. The van der Waals surface area contributed by atoms with Crippen molar-refractivity contribution in [2.75, 3.05) is 27.2 Å². The maximum Gasteiger partial charge on any atom is 0.348 e. The van der Waals surface area contributed by atoms with Crippen LogP contribution in [-0.4, -0.2) is 48.4 Å². The topological polar surface area (TPSA) is 57.5 Å². The van der Waals surface area contributed by atoms with Crippen molar-refractivity contribution < 1.29 is 13.9 Å². The first-order valence-electron chi connectivity index (χ1n) is 11.5. The third-order valence-corrected chi connectivity index (χ3v) is 11.8. The summed E-state index contributed by atoms with van der Waals surface area (Å²) in [5, 5.41) is 2.43. The monoisotopic (exact) mass is 564 g/mol. The van der Waals surface area contributed by atoms with E-state index in [4.69, 9.17) is 37.7 Å². The lowest BCUT2D eigenvalue weighted by Crippen LogP contribution is -2.42. The zero-order valence-corrected chi connectivity index (χ0v) is 23.0. The van der Waals surface area contributed by atoms with Gasteiger partial charge in [0.1, 0.15) is 27.2 Å². The lowest BCUT2D eigenvalue weighted by molar-refractivity contribution is 0.0606. The van der Waals surface area contributed by atoms with Crippen LogP contribution < -0.4 is 5.30 Å². The van der Waals surface area contributed by atoms with E-state index >= 15 is 0 Å². The maximum absolute atomic E-state index is 13.8. The Morgan fingerprint density at radius 2 is 1.78 bits per heavy atom. The molecule has 36 heavy (non-hydrogen) atoms. The number of nitrogens with zero attached hydrogens (tertiary/aromatic N) is 4. The van der Waals surface area contributed by atoms with Gasteiger partial charge in [0.25, 0.3) is 0 Å². The molecule has 0 saturated carbocycles. The second-order valence-electron chi connectivity index (χ2n) is 8.51. The highest BCUT2D eigenvalue weighted by atomic mass is 35.5. The number of benzene rings is 2. The smallest absolute Gasteiger partial charge is 0.348 e. The molecule has 3 aromatic rings. The summed E-state index contributed by atoms with van der Waals surface area (Å²) < 4.78 is 28.7. The number of esters is 1. The Hall–Kier alpha value is -2.22. The van der Waals surface area contributed by atoms with Crippen molar-refractivity contribution in [1.29, 1.82) is 0 Å². The SMILES string of the molecule is COC(=O)c1cc2c(s1)N=C(c1ccc(F)cc1)N(C)P2(=Nc1c(Cl)cccc1Cl)N1CCCCC1. The molecule has 188 valence electrons. The maximum atomic E-state index is 13.8. The van der Waals surface area contributed by atoms with Gasteiger partial charge in [-0.3, -0.25) is 0 Å². The summed E-state index contributed by atoms with van der Waals surface area (Å²) in [4.78, 5) is 18.0. The lowest BCUT2D eigenvalue weighted by Gasteiger charge is -2.46. The summed E-state index contributed by atoms with van der Waals surface area (Å²) in [5.41, 5.74) is 1.25. The third-order valence-electron chi connectivity index (χ3n) is 6.34. The van der Waals surface area contributed by atoms with Crippen molar-refractivity contribution in [1.82, 2.24) is 9.34 Å². The van der Waals surface area contributed by atoms with Crippen LogP contribution in [0.4, 0.5) is 15.1 Å². The fourth-order valence-electron chi connectivity index (χ4n) is 4.59. The number of aliphatic imine (C=N–C) groups is 1. The van der Waals surface area contributed by atoms with Gasteiger partial charge in [0, 0.05) is 25.7 Å². The largest absolute Gasteiger partial charge is 0.465 e. The van der Waals surface area contributed by atoms with Gasteiger partial charge in [-0.15, -0.1) is 11.3 Å². The molecule has 2 aromatic carbocycles. The molecule has 0 N–H and O–H groups in total. The number of carbonyl (C=O) groups is 1. The highest BCUT2D eigenvalue weighted by Crippen LogP contribution is 2.63. The van der Waals surface area contributed by atoms with Crippen molar-refractivity contribution in [3.63, 3.8) is 0 Å². The lowest BCUT2D eigenvalue weighted by atomic mass is 10.2. The van der Waals surface area contributed by atoms with E-state index in [-0.39, 0.29) is 5.82 Å². The number of hydrogen-bond donors (Lipinski definition) is 0. The molecule has 0 radical (unpaired) electrons. The normalized spacial score (nSPS) is 20.0. The Bertz CT molecular complexity index is 1380. The number of carbonyl (C=O) groups excluding carboxylic acids is 1. The minimum atomic E-state index is -2.78. The number of ether oxygens (including phenoxy) is 1. The predicted octanol–water partition coefficient (Wildman–Crippen LogP) is 7.48. The van der Waals surface area contributed by atoms with Gasteiger partial charge in [-0.1, -0.05) is 35.7 Å². The molecule has 1 saturated heterocycles. The van der Waals surface area contributed by atoms with Gasteiger partial charge < -0.3 is 9.41 Å². The molecule has 0 amide bonds. The van der Waals surface area contributed by atoms with E-state index in [9.17, 15) is 9.18 Å². The Morgan fingerprint density at radius 1 is 1.11 bits per heavy atom. The van der Waals surface area contributed by atoms with E-state index in [2.05, 4.69) is 9.34 Å². The molecule has 1 atom stereocenters. The molecule has 0 aliphatic carbocycles. The Balaban J connectivity index is 1.85. The van der Waals surface area contributed by atoms with E-state index in [0.29, 0.717) is 31.4 Å². The summed E-state index contributed by atoms with van der Waals surface area (Å²) in [6.07, 6.45) is 3.18. The van der Waals surface area contributed by atoms with Crippen molar-refractivity contribution in [2.45, 2.75) is 19.3 Å². The molecule has 0 bridgehead atoms. The number of piperidine rings is 1. The second kappa shape index (κ2) is 10.3. The molecule has 5 rings (SSSR count). The molecular weight excluding hydrogens is 541 g/mol. The molecule has 3 heterocycles. The van der Waals surface area contributed by atoms with Crippen molar-refractivity contribution in [3.8, 4) is 0 Å². The molecule has 1 fully saturated rings. The van der Waals surface area contributed by atoms with Gasteiger partial charge in [-0.2, -0.15) is 0 Å². The average Bonchev–Trinajstić information content (AvgIpc) is 3.32. The van der Waals surface area contributed by atoms with Crippen LogP contribution >= 0.6 is 41.9 Å². The van der Waals surface area contributed by atoms with Crippen LogP contribution in [0.15, 0.2) is 58.3 Å². The second-order valence-corrected chi connectivity index (χ2v) is 13.3. The van der Waals surface area contributed by atoms with E-state index in [1.807, 2.05) is 13.1 Å². The van der Waals surface area contributed by atoms with Crippen LogP contribution in [0.3, 0.4) is 0 Å². The fraction of sp³-hybridized carbons (Fsp3) is 0.280. The summed E-state index contributed by atoms with van der Waals surface area (Å²) >= 11 is 14.5. The van der Waals surface area contributed by atoms with Crippen molar-refractivity contribution >= 4 is 69.7 Å². The quantitative estimate of drug-likeness (QED) is 0.243. The van der Waals surface area contributed by atoms with Crippen LogP contribution in [-0.2, 0) is 4.74 Å². The third kappa shape index (κ3) is 4.39. The van der Waals surface area contributed by atoms with E-state index in [1.54, 1.807) is 30.3 Å². The van der Waals surface area contributed by atoms with E-state index in [0.717, 1.165) is 43.2 Å². The van der Waals surface area contributed by atoms with Gasteiger partial charge in [0.15, 0.2) is 7.36 Å². The number of methoxy groups -OCH3 is 1. The zero-order valence-electron chi connectivity index (χ0n) is 19.7. The number of halogens is 3. The van der Waals surface area contributed by atoms with Crippen LogP contribution in [0.2, 0.25) is 10.0 Å². The highest BCUT2D eigenvalue weighted by molar-refractivity contribution is 7.71. The number of rotatable bonds is 4. The summed E-state index contributed by atoms with van der Waals surface area (Å²) in [5.74, 6) is -0.109. The van der Waals surface area contributed by atoms with Crippen LogP contribution in [0.1, 0.15) is 34.5 Å². The molecule has 6 nitrogen and oxygen atoms in total. The Morgan fingerprint density at radius 3 is 2.42 bits per heavy atom. The zero-order chi connectivity index (χ0) is 25.4. The molecule has 2 aliphatic rings. The van der Waals surface area contributed by atoms with Gasteiger partial charge in [-0.25, -0.2) is 23.6 Å². The molecule has 2 aliphatic heterocycles. The fourth-order valence-corrected chi connectivity index (χ4v) is 10.4. The van der Waals surface area contributed by atoms with Crippen molar-refractivity contribution in [3.05, 3.63) is 74.8 Å². The van der Waals surface area contributed by atoms with Crippen LogP contribution in [0.5, 0.6) is 0 Å². The molecule has 0 spiro atoms. The molecule has 1 aromatic heterocycles. The Labute approximate surface area is 223 Å². The summed E-state index contributed by atoms with van der Waals surface area (Å²) in [6.45, 7) is 1.65.